The van der Waals surface area contributed by atoms with Crippen molar-refractivity contribution in [3.8, 4) is 0 Å². The van der Waals surface area contributed by atoms with Gasteiger partial charge in [0.25, 0.3) is 0 Å². The first-order valence-corrected chi connectivity index (χ1v) is 8.73. The largest absolute Gasteiger partial charge is 0.481 e. The minimum atomic E-state index is -3.61. The number of carboxylic acid groups (broad SMARTS) is 1. The molecule has 0 aromatic heterocycles. The van der Waals surface area contributed by atoms with Crippen LogP contribution in [-0.4, -0.2) is 36.9 Å². The second-order valence-corrected chi connectivity index (χ2v) is 7.22. The van der Waals surface area contributed by atoms with Crippen LogP contribution in [0.5, 0.6) is 0 Å². The van der Waals surface area contributed by atoms with Crippen molar-refractivity contribution in [2.24, 2.45) is 0 Å². The predicted octanol–water partition coefficient (Wildman–Crippen LogP) is 2.05. The van der Waals surface area contributed by atoms with Gasteiger partial charge in [0.05, 0.1) is 11.3 Å². The van der Waals surface area contributed by atoms with Crippen LogP contribution < -0.4 is 0 Å². The molecule has 6 heteroatoms. The monoisotopic (exact) mass is 311 g/mol. The second-order valence-electron chi connectivity index (χ2n) is 5.28. The van der Waals surface area contributed by atoms with Gasteiger partial charge in [-0.15, -0.1) is 0 Å². The van der Waals surface area contributed by atoms with Crippen LogP contribution in [0, 0.1) is 0 Å². The Morgan fingerprint density at radius 1 is 1.24 bits per heavy atom. The van der Waals surface area contributed by atoms with Crippen LogP contribution in [0.4, 0.5) is 0 Å². The van der Waals surface area contributed by atoms with Gasteiger partial charge in [-0.25, -0.2) is 8.42 Å². The van der Waals surface area contributed by atoms with Crippen LogP contribution in [0.1, 0.15) is 37.3 Å². The maximum Gasteiger partial charge on any atom is 0.304 e. The van der Waals surface area contributed by atoms with Crippen LogP contribution in [0.15, 0.2) is 23.1 Å². The number of carbonyl (C=O) groups is 1. The van der Waals surface area contributed by atoms with Crippen LogP contribution >= 0.6 is 0 Å². The molecule has 0 heterocycles. The molecule has 1 aromatic carbocycles. The van der Waals surface area contributed by atoms with Crippen molar-refractivity contribution in [2.45, 2.75) is 43.9 Å². The fourth-order valence-electron chi connectivity index (χ4n) is 2.69. The zero-order chi connectivity index (χ0) is 15.5. The summed E-state index contributed by atoms with van der Waals surface area (Å²) in [6.45, 7) is 2.00. The summed E-state index contributed by atoms with van der Waals surface area (Å²) >= 11 is 0. The maximum absolute atomic E-state index is 12.6. The summed E-state index contributed by atoms with van der Waals surface area (Å²) in [5, 5.41) is 8.73. The zero-order valence-corrected chi connectivity index (χ0v) is 13.0. The second kappa shape index (κ2) is 6.58. The van der Waals surface area contributed by atoms with Gasteiger partial charge < -0.3 is 5.11 Å². The van der Waals surface area contributed by atoms with Crippen molar-refractivity contribution in [3.05, 3.63) is 29.3 Å². The number of nitrogens with zero attached hydrogens (tertiary/aromatic N) is 1. The number of hydrogen-bond donors (Lipinski definition) is 1. The molecule has 0 saturated carbocycles. The molecule has 116 valence electrons. The van der Waals surface area contributed by atoms with Gasteiger partial charge in [0.1, 0.15) is 0 Å². The van der Waals surface area contributed by atoms with Crippen LogP contribution in [0.3, 0.4) is 0 Å². The molecule has 0 saturated heterocycles. The number of aliphatic carboxylic acids is 1. The number of aryl methyl sites for hydroxylation is 2. The molecule has 0 amide bonds. The van der Waals surface area contributed by atoms with E-state index in [1.165, 1.54) is 9.87 Å². The molecule has 0 radical (unpaired) electrons. The van der Waals surface area contributed by atoms with Gasteiger partial charge in [-0.2, -0.15) is 4.31 Å². The highest BCUT2D eigenvalue weighted by Crippen LogP contribution is 2.25. The average Bonchev–Trinajstić information content (AvgIpc) is 2.46. The van der Waals surface area contributed by atoms with Crippen LogP contribution in [-0.2, 0) is 27.7 Å². The number of hydrogen-bond acceptors (Lipinski definition) is 3. The van der Waals surface area contributed by atoms with Gasteiger partial charge in [-0.05, 0) is 48.9 Å². The molecule has 0 aliphatic heterocycles. The minimum Gasteiger partial charge on any atom is -0.481 e. The Balaban J connectivity index is 2.27. The highest BCUT2D eigenvalue weighted by molar-refractivity contribution is 7.89. The Morgan fingerprint density at radius 2 is 1.90 bits per heavy atom. The molecular weight excluding hydrogens is 290 g/mol. The Labute approximate surface area is 125 Å². The lowest BCUT2D eigenvalue weighted by Crippen LogP contribution is -2.33. The molecular formula is C15H21NO4S. The smallest absolute Gasteiger partial charge is 0.304 e. The van der Waals surface area contributed by atoms with Gasteiger partial charge in [0.2, 0.25) is 10.0 Å². The third-order valence-corrected chi connectivity index (χ3v) is 5.86. The van der Waals surface area contributed by atoms with E-state index in [1.807, 2.05) is 6.07 Å². The summed E-state index contributed by atoms with van der Waals surface area (Å²) in [5.41, 5.74) is 2.34. The lowest BCUT2D eigenvalue weighted by atomic mass is 9.92. The van der Waals surface area contributed by atoms with E-state index in [0.29, 0.717) is 0 Å². The van der Waals surface area contributed by atoms with Crippen LogP contribution in [0.2, 0.25) is 0 Å². The van der Waals surface area contributed by atoms with Crippen molar-refractivity contribution in [1.29, 1.82) is 0 Å². The van der Waals surface area contributed by atoms with E-state index in [9.17, 15) is 13.2 Å². The van der Waals surface area contributed by atoms with Gasteiger partial charge in [0, 0.05) is 13.1 Å². The number of carboxylic acids is 1. The Hall–Kier alpha value is -1.40. The molecule has 0 spiro atoms. The Kier molecular flexibility index (Phi) is 5.00. The number of sulfonamides is 1. The summed E-state index contributed by atoms with van der Waals surface area (Å²) in [6, 6.07) is 5.29. The van der Waals surface area contributed by atoms with Crippen molar-refractivity contribution in [3.63, 3.8) is 0 Å². The van der Waals surface area contributed by atoms with Crippen molar-refractivity contribution in [2.75, 3.05) is 13.1 Å². The van der Waals surface area contributed by atoms with E-state index < -0.39 is 16.0 Å². The van der Waals surface area contributed by atoms with E-state index in [4.69, 9.17) is 5.11 Å². The van der Waals surface area contributed by atoms with Gasteiger partial charge >= 0.3 is 5.97 Å². The fourth-order valence-corrected chi connectivity index (χ4v) is 4.19. The first-order chi connectivity index (χ1) is 9.95. The van der Waals surface area contributed by atoms with E-state index in [0.717, 1.165) is 31.2 Å². The molecule has 0 bridgehead atoms. The number of rotatable bonds is 6. The first-order valence-electron chi connectivity index (χ1n) is 7.29. The molecule has 0 fully saturated rings. The van der Waals surface area contributed by atoms with Gasteiger partial charge in [0.15, 0.2) is 0 Å². The molecule has 0 atom stereocenters. The topological polar surface area (TPSA) is 74.7 Å². The van der Waals surface area contributed by atoms with E-state index in [2.05, 4.69) is 0 Å². The Morgan fingerprint density at radius 3 is 2.52 bits per heavy atom. The lowest BCUT2D eigenvalue weighted by molar-refractivity contribution is -0.137. The predicted molar refractivity (Wildman–Crippen MR) is 79.8 cm³/mol. The first kappa shape index (κ1) is 16.0. The molecule has 1 aliphatic carbocycles. The van der Waals surface area contributed by atoms with Crippen molar-refractivity contribution >= 4 is 16.0 Å². The standard InChI is InChI=1S/C15H21NO4S/c1-2-16(10-9-15(17)18)21(19,20)14-8-7-12-5-3-4-6-13(12)11-14/h7-8,11H,2-6,9-10H2,1H3,(H,17,18). The van der Waals surface area contributed by atoms with E-state index in [1.54, 1.807) is 19.1 Å². The summed E-state index contributed by atoms with van der Waals surface area (Å²) < 4.78 is 26.4. The quantitative estimate of drug-likeness (QED) is 0.872. The SMILES string of the molecule is CCN(CCC(=O)O)S(=O)(=O)c1ccc2c(c1)CCCC2. The fraction of sp³-hybridized carbons (Fsp3) is 0.533. The highest BCUT2D eigenvalue weighted by atomic mass is 32.2. The molecule has 2 rings (SSSR count). The summed E-state index contributed by atoms with van der Waals surface area (Å²) in [4.78, 5) is 10.9. The summed E-state index contributed by atoms with van der Waals surface area (Å²) in [5.74, 6) is -0.992. The minimum absolute atomic E-state index is 0.00521. The normalized spacial score (nSPS) is 15.0. The maximum atomic E-state index is 12.6. The third-order valence-electron chi connectivity index (χ3n) is 3.89. The molecule has 1 aromatic rings. The van der Waals surface area contributed by atoms with E-state index >= 15 is 0 Å². The molecule has 5 nitrogen and oxygen atoms in total. The molecule has 1 N–H and O–H groups in total. The molecule has 21 heavy (non-hydrogen) atoms. The average molecular weight is 311 g/mol. The Bertz CT molecular complexity index is 625. The number of fused-ring (bicyclic) bond motifs is 1. The third kappa shape index (κ3) is 3.63. The lowest BCUT2D eigenvalue weighted by Gasteiger charge is -2.22. The molecule has 1 aliphatic rings. The number of benzene rings is 1. The van der Waals surface area contributed by atoms with Crippen molar-refractivity contribution < 1.29 is 18.3 Å². The van der Waals surface area contributed by atoms with Crippen LogP contribution in [0.25, 0.3) is 0 Å². The highest BCUT2D eigenvalue weighted by Gasteiger charge is 2.24. The van der Waals surface area contributed by atoms with Gasteiger partial charge in [-0.3, -0.25) is 4.79 Å². The van der Waals surface area contributed by atoms with E-state index in [-0.39, 0.29) is 24.4 Å². The summed E-state index contributed by atoms with van der Waals surface area (Å²) in [6.07, 6.45) is 3.98. The molecule has 0 unspecified atom stereocenters. The summed E-state index contributed by atoms with van der Waals surface area (Å²) in [7, 11) is -3.61. The van der Waals surface area contributed by atoms with Gasteiger partial charge in [-0.1, -0.05) is 13.0 Å². The van der Waals surface area contributed by atoms with Crippen molar-refractivity contribution in [1.82, 2.24) is 4.31 Å². The zero-order valence-electron chi connectivity index (χ0n) is 12.2.